The van der Waals surface area contributed by atoms with Crippen molar-refractivity contribution in [3.05, 3.63) is 35.4 Å². The van der Waals surface area contributed by atoms with Gasteiger partial charge in [-0.1, -0.05) is 30.7 Å². The Bertz CT molecular complexity index is 466. The first-order valence-corrected chi connectivity index (χ1v) is 8.55. The van der Waals surface area contributed by atoms with Gasteiger partial charge < -0.3 is 15.4 Å². The maximum atomic E-state index is 5.03. The minimum atomic E-state index is 0.673. The molecule has 5 nitrogen and oxygen atoms in total. The van der Waals surface area contributed by atoms with E-state index in [4.69, 9.17) is 4.74 Å². The molecule has 0 bridgehead atoms. The molecular weight excluding hydrogens is 288 g/mol. The van der Waals surface area contributed by atoms with Gasteiger partial charge in [0.1, 0.15) is 0 Å². The zero-order valence-electron chi connectivity index (χ0n) is 14.5. The third-order valence-electron chi connectivity index (χ3n) is 4.16. The smallest absolute Gasteiger partial charge is 0.191 e. The molecule has 0 amide bonds. The molecule has 0 atom stereocenters. The summed E-state index contributed by atoms with van der Waals surface area (Å²) in [5.74, 6) is 0.805. The Kier molecular flexibility index (Phi) is 7.90. The van der Waals surface area contributed by atoms with Crippen LogP contribution in [0.3, 0.4) is 0 Å². The van der Waals surface area contributed by atoms with Crippen molar-refractivity contribution in [1.82, 2.24) is 15.5 Å². The van der Waals surface area contributed by atoms with E-state index >= 15 is 0 Å². The molecule has 1 aromatic rings. The molecule has 1 heterocycles. The van der Waals surface area contributed by atoms with E-state index in [9.17, 15) is 0 Å². The van der Waals surface area contributed by atoms with Crippen molar-refractivity contribution in [1.29, 1.82) is 0 Å². The summed E-state index contributed by atoms with van der Waals surface area (Å²) in [5, 5.41) is 6.53. The number of hydrogen-bond acceptors (Lipinski definition) is 3. The van der Waals surface area contributed by atoms with Crippen molar-refractivity contribution < 1.29 is 4.74 Å². The molecule has 23 heavy (non-hydrogen) atoms. The summed E-state index contributed by atoms with van der Waals surface area (Å²) < 4.78 is 5.03. The normalized spacial score (nSPS) is 16.3. The van der Waals surface area contributed by atoms with E-state index in [1.54, 1.807) is 14.2 Å². The molecule has 1 aliphatic rings. The van der Waals surface area contributed by atoms with Crippen LogP contribution in [0, 0.1) is 0 Å². The number of likely N-dealkylation sites (tertiary alicyclic amines) is 1. The molecule has 0 aliphatic carbocycles. The molecule has 0 radical (unpaired) electrons. The van der Waals surface area contributed by atoms with Crippen molar-refractivity contribution >= 4 is 5.96 Å². The molecule has 0 spiro atoms. The lowest BCUT2D eigenvalue weighted by molar-refractivity contribution is 0.203. The number of piperidine rings is 1. The highest BCUT2D eigenvalue weighted by Gasteiger charge is 2.10. The Labute approximate surface area is 140 Å². The second-order valence-corrected chi connectivity index (χ2v) is 6.00. The standard InChI is InChI=1S/C18H30N4O/c1-19-18(20-10-13-23-2)21-14-16-6-8-17(9-7-16)15-22-11-4-3-5-12-22/h6-9H,3-5,10-15H2,1-2H3,(H2,19,20,21). The lowest BCUT2D eigenvalue weighted by atomic mass is 10.1. The zero-order valence-corrected chi connectivity index (χ0v) is 14.5. The van der Waals surface area contributed by atoms with Crippen LogP contribution in [0.4, 0.5) is 0 Å². The molecule has 1 fully saturated rings. The summed E-state index contributed by atoms with van der Waals surface area (Å²) in [6, 6.07) is 8.89. The topological polar surface area (TPSA) is 48.9 Å². The summed E-state index contributed by atoms with van der Waals surface area (Å²) in [6.45, 7) is 5.76. The fourth-order valence-corrected chi connectivity index (χ4v) is 2.82. The van der Waals surface area contributed by atoms with Crippen LogP contribution in [0.5, 0.6) is 0 Å². The number of nitrogens with zero attached hydrogens (tertiary/aromatic N) is 2. The van der Waals surface area contributed by atoms with Gasteiger partial charge in [0.25, 0.3) is 0 Å². The highest BCUT2D eigenvalue weighted by Crippen LogP contribution is 2.13. The van der Waals surface area contributed by atoms with Crippen molar-refractivity contribution in [3.63, 3.8) is 0 Å². The summed E-state index contributed by atoms with van der Waals surface area (Å²) in [6.07, 6.45) is 4.08. The highest BCUT2D eigenvalue weighted by atomic mass is 16.5. The number of benzene rings is 1. The Hall–Kier alpha value is -1.59. The van der Waals surface area contributed by atoms with E-state index in [-0.39, 0.29) is 0 Å². The van der Waals surface area contributed by atoms with Gasteiger partial charge in [0.05, 0.1) is 6.61 Å². The molecule has 0 unspecified atom stereocenters. The van der Waals surface area contributed by atoms with Gasteiger partial charge in [-0.05, 0) is 37.1 Å². The van der Waals surface area contributed by atoms with E-state index < -0.39 is 0 Å². The third kappa shape index (κ3) is 6.59. The molecule has 0 saturated carbocycles. The van der Waals surface area contributed by atoms with Crippen LogP contribution >= 0.6 is 0 Å². The maximum absolute atomic E-state index is 5.03. The summed E-state index contributed by atoms with van der Waals surface area (Å²) in [4.78, 5) is 6.76. The van der Waals surface area contributed by atoms with Crippen molar-refractivity contribution in [3.8, 4) is 0 Å². The predicted molar refractivity (Wildman–Crippen MR) is 95.6 cm³/mol. The summed E-state index contributed by atoms with van der Waals surface area (Å²) in [5.41, 5.74) is 2.67. The molecule has 0 aromatic heterocycles. The SMILES string of the molecule is CN=C(NCCOC)NCc1ccc(CN2CCCCC2)cc1. The molecule has 1 saturated heterocycles. The van der Waals surface area contributed by atoms with Crippen LogP contribution in [0.15, 0.2) is 29.3 Å². The van der Waals surface area contributed by atoms with Crippen molar-refractivity contribution in [2.24, 2.45) is 4.99 Å². The lowest BCUT2D eigenvalue weighted by Gasteiger charge is -2.26. The Morgan fingerprint density at radius 1 is 1.09 bits per heavy atom. The fourth-order valence-electron chi connectivity index (χ4n) is 2.82. The summed E-state index contributed by atoms with van der Waals surface area (Å²) in [7, 11) is 3.48. The Morgan fingerprint density at radius 3 is 2.43 bits per heavy atom. The van der Waals surface area contributed by atoms with Crippen LogP contribution in [-0.4, -0.2) is 51.3 Å². The summed E-state index contributed by atoms with van der Waals surface area (Å²) >= 11 is 0. The average molecular weight is 318 g/mol. The van der Waals surface area contributed by atoms with Crippen LogP contribution in [0.2, 0.25) is 0 Å². The first kappa shape index (κ1) is 17.8. The minimum Gasteiger partial charge on any atom is -0.383 e. The van der Waals surface area contributed by atoms with Gasteiger partial charge in [-0.15, -0.1) is 0 Å². The van der Waals surface area contributed by atoms with Crippen molar-refractivity contribution in [2.75, 3.05) is 40.4 Å². The molecule has 2 rings (SSSR count). The van der Waals surface area contributed by atoms with Crippen molar-refractivity contribution in [2.45, 2.75) is 32.4 Å². The largest absolute Gasteiger partial charge is 0.383 e. The highest BCUT2D eigenvalue weighted by molar-refractivity contribution is 5.79. The number of nitrogens with one attached hydrogen (secondary N) is 2. The van der Waals surface area contributed by atoms with Crippen LogP contribution in [0.1, 0.15) is 30.4 Å². The fraction of sp³-hybridized carbons (Fsp3) is 0.611. The van der Waals surface area contributed by atoms with Gasteiger partial charge >= 0.3 is 0 Å². The lowest BCUT2D eigenvalue weighted by Crippen LogP contribution is -2.38. The second kappa shape index (κ2) is 10.2. The number of methoxy groups -OCH3 is 1. The van der Waals surface area contributed by atoms with E-state index in [0.29, 0.717) is 6.61 Å². The first-order valence-electron chi connectivity index (χ1n) is 8.55. The third-order valence-corrected chi connectivity index (χ3v) is 4.16. The second-order valence-electron chi connectivity index (χ2n) is 6.00. The number of guanidine groups is 1. The van der Waals surface area contributed by atoms with Gasteiger partial charge in [0.2, 0.25) is 0 Å². The van der Waals surface area contributed by atoms with Gasteiger partial charge in [-0.25, -0.2) is 0 Å². The molecule has 1 aliphatic heterocycles. The number of ether oxygens (including phenoxy) is 1. The predicted octanol–water partition coefficient (Wildman–Crippen LogP) is 1.98. The maximum Gasteiger partial charge on any atom is 0.191 e. The monoisotopic (exact) mass is 318 g/mol. The van der Waals surface area contributed by atoms with Crippen LogP contribution < -0.4 is 10.6 Å². The van der Waals surface area contributed by atoms with Gasteiger partial charge in [0, 0.05) is 33.8 Å². The van der Waals surface area contributed by atoms with E-state index in [1.165, 1.54) is 43.5 Å². The zero-order chi connectivity index (χ0) is 16.3. The van der Waals surface area contributed by atoms with E-state index in [0.717, 1.165) is 25.6 Å². The quantitative estimate of drug-likeness (QED) is 0.458. The Balaban J connectivity index is 1.75. The molecule has 1 aromatic carbocycles. The van der Waals surface area contributed by atoms with Crippen LogP contribution in [0.25, 0.3) is 0 Å². The Morgan fingerprint density at radius 2 is 1.78 bits per heavy atom. The van der Waals surface area contributed by atoms with Gasteiger partial charge in [0.15, 0.2) is 5.96 Å². The average Bonchev–Trinajstić information content (AvgIpc) is 2.60. The molecule has 2 N–H and O–H groups in total. The van der Waals surface area contributed by atoms with Crippen LogP contribution in [-0.2, 0) is 17.8 Å². The van der Waals surface area contributed by atoms with E-state index in [1.807, 2.05) is 0 Å². The number of aliphatic imine (C=N–C) groups is 1. The molecule has 5 heteroatoms. The van der Waals surface area contributed by atoms with Gasteiger partial charge in [-0.3, -0.25) is 9.89 Å². The van der Waals surface area contributed by atoms with Gasteiger partial charge in [-0.2, -0.15) is 0 Å². The number of hydrogen-bond donors (Lipinski definition) is 2. The minimum absolute atomic E-state index is 0.673. The number of rotatable bonds is 7. The first-order chi connectivity index (χ1) is 11.3. The molecular formula is C18H30N4O. The van der Waals surface area contributed by atoms with E-state index in [2.05, 4.69) is 44.8 Å². The molecule has 128 valence electrons.